The lowest BCUT2D eigenvalue weighted by Gasteiger charge is -2.34. The molecule has 4 atom stereocenters. The molecule has 0 saturated carbocycles. The number of carbonyl (C=O) groups excluding carboxylic acids is 4. The monoisotopic (exact) mass is 596 g/mol. The van der Waals surface area contributed by atoms with Crippen LogP contribution in [0.2, 0.25) is 0 Å². The molecule has 0 bridgehead atoms. The summed E-state index contributed by atoms with van der Waals surface area (Å²) in [5.74, 6) is -1.88. The predicted octanol–water partition coefficient (Wildman–Crippen LogP) is 2.22. The van der Waals surface area contributed by atoms with Gasteiger partial charge < -0.3 is 24.6 Å². The minimum absolute atomic E-state index is 0.000134. The van der Waals surface area contributed by atoms with Crippen molar-refractivity contribution in [2.24, 2.45) is 11.8 Å². The van der Waals surface area contributed by atoms with Crippen molar-refractivity contribution in [1.82, 2.24) is 29.9 Å². The normalized spacial score (nSPS) is 25.5. The number of amides is 3. The van der Waals surface area contributed by atoms with Crippen LogP contribution in [-0.2, 0) is 30.3 Å². The van der Waals surface area contributed by atoms with Gasteiger partial charge in [-0.1, -0.05) is 13.8 Å². The van der Waals surface area contributed by atoms with Gasteiger partial charge in [-0.25, -0.2) is 19.3 Å². The molecule has 3 amide bonds. The fourth-order valence-electron chi connectivity index (χ4n) is 4.81. The Labute approximate surface area is 231 Å². The first-order chi connectivity index (χ1) is 17.7. The molecule has 0 radical (unpaired) electrons. The second-order valence-corrected chi connectivity index (χ2v) is 11.5. The molecule has 0 aliphatic carbocycles. The zero-order valence-electron chi connectivity index (χ0n) is 22.9. The SMILES string of the molecule is CCOC(=O)[C@@H]1Cc2nc(Br)nn2/C=C\[C@@H]2[C@H](CCN2C(=O)OC(C)(C)C)C(=O)N(C)[C@@H](C(C)C)C(=O)N1. The number of carbonyl (C=O) groups is 4. The lowest BCUT2D eigenvalue weighted by atomic mass is 9.95. The molecule has 38 heavy (non-hydrogen) atoms. The summed E-state index contributed by atoms with van der Waals surface area (Å²) >= 11 is 3.27. The Hall–Kier alpha value is -2.96. The van der Waals surface area contributed by atoms with Crippen molar-refractivity contribution in [2.45, 2.75) is 78.1 Å². The number of nitrogens with one attached hydrogen (secondary N) is 1. The van der Waals surface area contributed by atoms with Crippen LogP contribution in [0.3, 0.4) is 0 Å². The number of aromatic nitrogens is 3. The number of rotatable bonds is 3. The number of likely N-dealkylation sites (N-methyl/N-ethyl adjacent to an activating group) is 1. The zero-order valence-corrected chi connectivity index (χ0v) is 24.5. The number of likely N-dealkylation sites (tertiary alicyclic amines) is 1. The first-order valence-corrected chi connectivity index (χ1v) is 13.5. The zero-order chi connectivity index (χ0) is 28.4. The molecule has 3 rings (SSSR count). The smallest absolute Gasteiger partial charge is 0.410 e. The maximum atomic E-state index is 13.8. The lowest BCUT2D eigenvalue weighted by Crippen LogP contribution is -2.56. The summed E-state index contributed by atoms with van der Waals surface area (Å²) in [4.78, 5) is 60.5. The maximum absolute atomic E-state index is 13.8. The molecule has 0 unspecified atom stereocenters. The minimum atomic E-state index is -1.05. The Morgan fingerprint density at radius 3 is 2.55 bits per heavy atom. The summed E-state index contributed by atoms with van der Waals surface area (Å²) in [5.41, 5.74) is -0.712. The number of hydrogen-bond acceptors (Lipinski definition) is 8. The summed E-state index contributed by atoms with van der Waals surface area (Å²) in [6.07, 6.45) is 3.19. The molecule has 1 N–H and O–H groups in total. The largest absolute Gasteiger partial charge is 0.464 e. The van der Waals surface area contributed by atoms with Gasteiger partial charge >= 0.3 is 12.1 Å². The number of fused-ring (bicyclic) bond motifs is 2. The molecule has 210 valence electrons. The molecule has 1 aromatic rings. The quantitative estimate of drug-likeness (QED) is 0.524. The number of esters is 1. The second-order valence-electron chi connectivity index (χ2n) is 10.8. The molecule has 0 spiro atoms. The van der Waals surface area contributed by atoms with Crippen LogP contribution in [-0.4, -0.2) is 92.4 Å². The van der Waals surface area contributed by atoms with Crippen LogP contribution in [0.1, 0.15) is 53.8 Å². The van der Waals surface area contributed by atoms with E-state index in [1.807, 2.05) is 13.8 Å². The molecule has 1 saturated heterocycles. The Kier molecular flexibility index (Phi) is 9.21. The molecule has 13 heteroatoms. The Bertz CT molecular complexity index is 1100. The van der Waals surface area contributed by atoms with Crippen molar-refractivity contribution in [3.05, 3.63) is 16.6 Å². The molecule has 12 nitrogen and oxygen atoms in total. The van der Waals surface area contributed by atoms with Crippen LogP contribution in [0.25, 0.3) is 6.20 Å². The second kappa shape index (κ2) is 11.8. The van der Waals surface area contributed by atoms with Gasteiger partial charge in [0.05, 0.1) is 18.6 Å². The van der Waals surface area contributed by atoms with Crippen molar-refractivity contribution < 1.29 is 28.7 Å². The van der Waals surface area contributed by atoms with E-state index in [1.54, 1.807) is 47.0 Å². The fourth-order valence-corrected chi connectivity index (χ4v) is 5.19. The van der Waals surface area contributed by atoms with E-state index in [0.29, 0.717) is 18.8 Å². The highest BCUT2D eigenvalue weighted by atomic mass is 79.9. The highest BCUT2D eigenvalue weighted by Crippen LogP contribution is 2.30. The number of halogens is 1. The van der Waals surface area contributed by atoms with E-state index in [9.17, 15) is 19.2 Å². The topological polar surface area (TPSA) is 136 Å². The van der Waals surface area contributed by atoms with Gasteiger partial charge in [0.2, 0.25) is 16.5 Å². The van der Waals surface area contributed by atoms with Gasteiger partial charge in [0.25, 0.3) is 0 Å². The molecule has 3 heterocycles. The van der Waals surface area contributed by atoms with Gasteiger partial charge in [0, 0.05) is 26.2 Å². The molecular weight excluding hydrogens is 560 g/mol. The van der Waals surface area contributed by atoms with E-state index in [1.165, 1.54) is 14.5 Å². The lowest BCUT2D eigenvalue weighted by molar-refractivity contribution is -0.149. The first-order valence-electron chi connectivity index (χ1n) is 12.8. The van der Waals surface area contributed by atoms with Crippen LogP contribution >= 0.6 is 15.9 Å². The van der Waals surface area contributed by atoms with E-state index in [-0.39, 0.29) is 29.6 Å². The third-order valence-corrected chi connectivity index (χ3v) is 6.77. The average molecular weight is 598 g/mol. The molecule has 2 aliphatic heterocycles. The molecule has 1 fully saturated rings. The summed E-state index contributed by atoms with van der Waals surface area (Å²) in [5, 5.41) is 7.10. The predicted molar refractivity (Wildman–Crippen MR) is 142 cm³/mol. The van der Waals surface area contributed by atoms with E-state index < -0.39 is 47.6 Å². The van der Waals surface area contributed by atoms with Crippen LogP contribution in [0.4, 0.5) is 4.79 Å². The van der Waals surface area contributed by atoms with Crippen LogP contribution in [0.5, 0.6) is 0 Å². The van der Waals surface area contributed by atoms with Gasteiger partial charge in [-0.15, -0.1) is 5.10 Å². The Balaban J connectivity index is 2.10. The van der Waals surface area contributed by atoms with Gasteiger partial charge in [-0.2, -0.15) is 0 Å². The van der Waals surface area contributed by atoms with E-state index in [2.05, 4.69) is 31.3 Å². The summed E-state index contributed by atoms with van der Waals surface area (Å²) in [6.45, 7) is 11.1. The van der Waals surface area contributed by atoms with Crippen molar-refractivity contribution in [3.63, 3.8) is 0 Å². The molecule has 1 aromatic heterocycles. The third-order valence-electron chi connectivity index (χ3n) is 6.44. The number of hydrogen-bond donors (Lipinski definition) is 1. The van der Waals surface area contributed by atoms with E-state index in [0.717, 1.165) is 0 Å². The Morgan fingerprint density at radius 1 is 1.26 bits per heavy atom. The van der Waals surface area contributed by atoms with Crippen molar-refractivity contribution in [3.8, 4) is 0 Å². The minimum Gasteiger partial charge on any atom is -0.464 e. The van der Waals surface area contributed by atoms with Crippen molar-refractivity contribution >= 4 is 46.0 Å². The summed E-state index contributed by atoms with van der Waals surface area (Å²) in [6, 6.07) is -2.55. The molecular formula is C25H37BrN6O6. The standard InChI is InChI=1S/C25H37BrN6O6/c1-8-37-22(35)16-13-18-28-23(26)29-32(18)12-10-17-15(9-11-31(17)24(36)38-25(4,5)6)21(34)30(7)19(14(2)3)20(33)27-16/h10,12,14-17,19H,8-9,11,13H2,1-7H3,(H,27,33)/b12-10-/t15-,16-,17+,19-/m0/s1. The summed E-state index contributed by atoms with van der Waals surface area (Å²) in [7, 11) is 1.58. The summed E-state index contributed by atoms with van der Waals surface area (Å²) < 4.78 is 12.5. The highest BCUT2D eigenvalue weighted by molar-refractivity contribution is 9.10. The van der Waals surface area contributed by atoms with Gasteiger partial charge in [0.15, 0.2) is 0 Å². The number of ether oxygens (including phenoxy) is 2. The third kappa shape index (κ3) is 6.72. The highest BCUT2D eigenvalue weighted by Gasteiger charge is 2.45. The fraction of sp³-hybridized carbons (Fsp3) is 0.680. The first kappa shape index (κ1) is 29.6. The van der Waals surface area contributed by atoms with Crippen LogP contribution in [0, 0.1) is 11.8 Å². The van der Waals surface area contributed by atoms with E-state index >= 15 is 0 Å². The number of nitrogens with zero attached hydrogens (tertiary/aromatic N) is 5. The Morgan fingerprint density at radius 2 is 1.95 bits per heavy atom. The van der Waals surface area contributed by atoms with E-state index in [4.69, 9.17) is 9.47 Å². The molecule has 2 aliphatic rings. The van der Waals surface area contributed by atoms with Crippen molar-refractivity contribution in [2.75, 3.05) is 20.2 Å². The van der Waals surface area contributed by atoms with Gasteiger partial charge in [-0.3, -0.25) is 9.59 Å². The van der Waals surface area contributed by atoms with Gasteiger partial charge in [-0.05, 0) is 62.0 Å². The maximum Gasteiger partial charge on any atom is 0.410 e. The molecule has 0 aromatic carbocycles. The average Bonchev–Trinajstić information content (AvgIpc) is 3.37. The van der Waals surface area contributed by atoms with Crippen molar-refractivity contribution in [1.29, 1.82) is 0 Å². The van der Waals surface area contributed by atoms with Crippen LogP contribution < -0.4 is 5.32 Å². The van der Waals surface area contributed by atoms with Crippen LogP contribution in [0.15, 0.2) is 10.8 Å². The van der Waals surface area contributed by atoms with Gasteiger partial charge in [0.1, 0.15) is 23.5 Å².